The number of thioether (sulfide) groups is 1. The highest BCUT2D eigenvalue weighted by molar-refractivity contribution is 8.00. The Bertz CT molecular complexity index is 777. The fraction of sp³-hybridized carbons (Fsp3) is 0.550. The molecule has 2 aromatic rings. The molecule has 26 heavy (non-hydrogen) atoms. The molecular formula is C20H26N2O3S. The molecule has 2 aliphatic rings. The Labute approximate surface area is 158 Å². The minimum atomic E-state index is -0.0861. The van der Waals surface area contributed by atoms with Crippen molar-refractivity contribution in [3.8, 4) is 0 Å². The van der Waals surface area contributed by atoms with Crippen molar-refractivity contribution in [2.45, 2.75) is 42.2 Å². The maximum absolute atomic E-state index is 12.5. The summed E-state index contributed by atoms with van der Waals surface area (Å²) in [7, 11) is 2.04. The lowest BCUT2D eigenvalue weighted by molar-refractivity contribution is -0.143. The summed E-state index contributed by atoms with van der Waals surface area (Å²) in [6, 6.07) is 8.52. The Morgan fingerprint density at radius 3 is 2.96 bits per heavy atom. The summed E-state index contributed by atoms with van der Waals surface area (Å²) in [6.45, 7) is 2.25. The molecule has 2 saturated heterocycles. The summed E-state index contributed by atoms with van der Waals surface area (Å²) in [6.07, 6.45) is 5.77. The van der Waals surface area contributed by atoms with E-state index in [1.54, 1.807) is 11.8 Å². The number of amides is 1. The second kappa shape index (κ2) is 7.62. The molecule has 4 rings (SSSR count). The number of nitrogens with zero attached hydrogens (tertiary/aromatic N) is 1. The molecule has 0 saturated carbocycles. The van der Waals surface area contributed by atoms with Crippen LogP contribution in [0.2, 0.25) is 0 Å². The van der Waals surface area contributed by atoms with Gasteiger partial charge in [-0.2, -0.15) is 0 Å². The molecule has 3 heterocycles. The summed E-state index contributed by atoms with van der Waals surface area (Å²) >= 11 is 1.61. The van der Waals surface area contributed by atoms with Crippen molar-refractivity contribution in [1.82, 2.24) is 9.88 Å². The SMILES string of the molecule is Cn1cc(SCC(=O)NC2CCOC3(CCOCC3)C2)c2ccccc21. The molecule has 0 bridgehead atoms. The molecule has 1 N–H and O–H groups in total. The smallest absolute Gasteiger partial charge is 0.230 e. The third kappa shape index (κ3) is 3.77. The predicted octanol–water partition coefficient (Wildman–Crippen LogP) is 3.11. The maximum atomic E-state index is 12.5. The summed E-state index contributed by atoms with van der Waals surface area (Å²) in [5.41, 5.74) is 1.11. The minimum Gasteiger partial charge on any atom is -0.381 e. The molecule has 1 amide bonds. The first kappa shape index (κ1) is 17.9. The summed E-state index contributed by atoms with van der Waals surface area (Å²) in [4.78, 5) is 13.7. The molecule has 1 atom stereocenters. The first-order valence-corrected chi connectivity index (χ1v) is 10.3. The Hall–Kier alpha value is -1.50. The third-order valence-electron chi connectivity index (χ3n) is 5.48. The van der Waals surface area contributed by atoms with Crippen molar-refractivity contribution in [1.29, 1.82) is 0 Å². The van der Waals surface area contributed by atoms with E-state index in [2.05, 4.69) is 28.2 Å². The topological polar surface area (TPSA) is 52.5 Å². The second-order valence-corrected chi connectivity index (χ2v) is 8.33. The van der Waals surface area contributed by atoms with Gasteiger partial charge in [0.2, 0.25) is 5.91 Å². The van der Waals surface area contributed by atoms with Crippen LogP contribution < -0.4 is 5.32 Å². The molecule has 2 aliphatic heterocycles. The monoisotopic (exact) mass is 374 g/mol. The summed E-state index contributed by atoms with van der Waals surface area (Å²) < 4.78 is 13.6. The van der Waals surface area contributed by atoms with E-state index in [1.165, 1.54) is 10.9 Å². The molecule has 140 valence electrons. The van der Waals surface area contributed by atoms with Crippen molar-refractivity contribution in [3.05, 3.63) is 30.5 Å². The van der Waals surface area contributed by atoms with E-state index >= 15 is 0 Å². The fourth-order valence-corrected chi connectivity index (χ4v) is 5.01. The van der Waals surface area contributed by atoms with E-state index in [0.717, 1.165) is 50.4 Å². The van der Waals surface area contributed by atoms with Crippen LogP contribution in [-0.4, -0.2) is 47.7 Å². The van der Waals surface area contributed by atoms with Crippen LogP contribution in [-0.2, 0) is 21.3 Å². The van der Waals surface area contributed by atoms with Crippen LogP contribution in [0.4, 0.5) is 0 Å². The molecule has 5 nitrogen and oxygen atoms in total. The summed E-state index contributed by atoms with van der Waals surface area (Å²) in [5.74, 6) is 0.554. The fourth-order valence-electron chi connectivity index (χ4n) is 4.07. The van der Waals surface area contributed by atoms with Gasteiger partial charge in [-0.3, -0.25) is 4.79 Å². The molecule has 1 unspecified atom stereocenters. The highest BCUT2D eigenvalue weighted by Gasteiger charge is 2.39. The van der Waals surface area contributed by atoms with Crippen LogP contribution in [0, 0.1) is 0 Å². The number of hydrogen-bond acceptors (Lipinski definition) is 4. The van der Waals surface area contributed by atoms with Gasteiger partial charge in [-0.15, -0.1) is 11.8 Å². The van der Waals surface area contributed by atoms with Gasteiger partial charge in [0.25, 0.3) is 0 Å². The van der Waals surface area contributed by atoms with Gasteiger partial charge in [0.05, 0.1) is 11.4 Å². The van der Waals surface area contributed by atoms with Gasteiger partial charge in [-0.05, 0) is 31.7 Å². The molecule has 0 radical (unpaired) electrons. The molecule has 1 spiro atoms. The van der Waals surface area contributed by atoms with Gasteiger partial charge in [0, 0.05) is 54.9 Å². The zero-order valence-corrected chi connectivity index (χ0v) is 16.0. The molecule has 1 aromatic carbocycles. The summed E-state index contributed by atoms with van der Waals surface area (Å²) in [5, 5.41) is 4.44. The number of fused-ring (bicyclic) bond motifs is 1. The van der Waals surface area contributed by atoms with E-state index < -0.39 is 0 Å². The Kier molecular flexibility index (Phi) is 5.25. The van der Waals surface area contributed by atoms with E-state index in [1.807, 2.05) is 19.2 Å². The molecule has 6 heteroatoms. The number of carbonyl (C=O) groups excluding carboxylic acids is 1. The third-order valence-corrected chi connectivity index (χ3v) is 6.52. The number of para-hydroxylation sites is 1. The van der Waals surface area contributed by atoms with Gasteiger partial charge in [-0.25, -0.2) is 0 Å². The number of carbonyl (C=O) groups is 1. The van der Waals surface area contributed by atoms with Gasteiger partial charge >= 0.3 is 0 Å². The van der Waals surface area contributed by atoms with Crippen LogP contribution >= 0.6 is 11.8 Å². The van der Waals surface area contributed by atoms with Gasteiger partial charge in [0.1, 0.15) is 0 Å². The van der Waals surface area contributed by atoms with Crippen molar-refractivity contribution >= 4 is 28.6 Å². The number of ether oxygens (including phenoxy) is 2. The molecule has 2 fully saturated rings. The zero-order valence-electron chi connectivity index (χ0n) is 15.2. The van der Waals surface area contributed by atoms with Crippen molar-refractivity contribution < 1.29 is 14.3 Å². The lowest BCUT2D eigenvalue weighted by atomic mass is 9.84. The predicted molar refractivity (Wildman–Crippen MR) is 104 cm³/mol. The van der Waals surface area contributed by atoms with E-state index in [4.69, 9.17) is 9.47 Å². The van der Waals surface area contributed by atoms with Crippen molar-refractivity contribution in [3.63, 3.8) is 0 Å². The average molecular weight is 375 g/mol. The number of benzene rings is 1. The molecular weight excluding hydrogens is 348 g/mol. The van der Waals surface area contributed by atoms with Crippen molar-refractivity contribution in [2.75, 3.05) is 25.6 Å². The number of aromatic nitrogens is 1. The van der Waals surface area contributed by atoms with Gasteiger partial charge < -0.3 is 19.4 Å². The van der Waals surface area contributed by atoms with Crippen LogP contribution in [0.15, 0.2) is 35.4 Å². The van der Waals surface area contributed by atoms with Gasteiger partial charge in [0.15, 0.2) is 0 Å². The standard InChI is InChI=1S/C20H26N2O3S/c1-22-13-18(16-4-2-3-5-17(16)22)26-14-19(23)21-15-6-9-25-20(12-15)7-10-24-11-8-20/h2-5,13,15H,6-12,14H2,1H3,(H,21,23). The second-order valence-electron chi connectivity index (χ2n) is 7.31. The van der Waals surface area contributed by atoms with E-state index in [9.17, 15) is 4.79 Å². The quantitative estimate of drug-likeness (QED) is 0.836. The van der Waals surface area contributed by atoms with E-state index in [0.29, 0.717) is 5.75 Å². The number of aryl methyl sites for hydroxylation is 1. The number of nitrogens with one attached hydrogen (secondary N) is 1. The number of rotatable bonds is 4. The molecule has 0 aliphatic carbocycles. The minimum absolute atomic E-state index is 0.0861. The highest BCUT2D eigenvalue weighted by Crippen LogP contribution is 2.34. The Morgan fingerprint density at radius 1 is 1.31 bits per heavy atom. The van der Waals surface area contributed by atoms with Crippen molar-refractivity contribution in [2.24, 2.45) is 7.05 Å². The zero-order chi connectivity index (χ0) is 18.0. The Balaban J connectivity index is 1.33. The molecule has 1 aromatic heterocycles. The largest absolute Gasteiger partial charge is 0.381 e. The first-order chi connectivity index (χ1) is 12.7. The lowest BCUT2D eigenvalue weighted by Crippen LogP contribution is -2.51. The van der Waals surface area contributed by atoms with Crippen LogP contribution in [0.25, 0.3) is 10.9 Å². The normalized spacial score (nSPS) is 22.6. The lowest BCUT2D eigenvalue weighted by Gasteiger charge is -2.43. The Morgan fingerprint density at radius 2 is 2.12 bits per heavy atom. The first-order valence-electron chi connectivity index (χ1n) is 9.33. The van der Waals surface area contributed by atoms with Gasteiger partial charge in [-0.1, -0.05) is 18.2 Å². The van der Waals surface area contributed by atoms with Crippen LogP contribution in [0.1, 0.15) is 25.7 Å². The van der Waals surface area contributed by atoms with Crippen LogP contribution in [0.3, 0.4) is 0 Å². The van der Waals surface area contributed by atoms with Crippen LogP contribution in [0.5, 0.6) is 0 Å². The number of hydrogen-bond donors (Lipinski definition) is 1. The maximum Gasteiger partial charge on any atom is 0.230 e. The van der Waals surface area contributed by atoms with E-state index in [-0.39, 0.29) is 17.6 Å². The average Bonchev–Trinajstić information content (AvgIpc) is 2.97. The highest BCUT2D eigenvalue weighted by atomic mass is 32.2.